The van der Waals surface area contributed by atoms with Crippen molar-refractivity contribution in [3.05, 3.63) is 29.8 Å². The van der Waals surface area contributed by atoms with E-state index in [1.807, 2.05) is 52.8 Å². The Bertz CT molecular complexity index is 504. The highest BCUT2D eigenvalue weighted by Crippen LogP contribution is 2.24. The number of nitrogens with one attached hydrogen (secondary N) is 1. The van der Waals surface area contributed by atoms with Crippen molar-refractivity contribution in [2.45, 2.75) is 45.6 Å². The molecule has 0 bridgehead atoms. The Kier molecular flexibility index (Phi) is 4.26. The lowest BCUT2D eigenvalue weighted by atomic mass is 9.85. The normalized spacial score (nSPS) is 11.6. The summed E-state index contributed by atoms with van der Waals surface area (Å²) in [4.78, 5) is 11.7. The number of hydrogen-bond acceptors (Lipinski definition) is 2. The maximum atomic E-state index is 11.7. The number of hydrogen-bond donors (Lipinski definition) is 1. The molecule has 0 aliphatic rings. The predicted octanol–water partition coefficient (Wildman–Crippen LogP) is 3.94. The average Bonchev–Trinajstić information content (AvgIpc) is 2.26. The van der Waals surface area contributed by atoms with Crippen molar-refractivity contribution in [1.29, 1.82) is 0 Å². The molecule has 1 aromatic carbocycles. The molecule has 0 unspecified atom stereocenters. The Morgan fingerprint density at radius 3 is 2.42 bits per heavy atom. The van der Waals surface area contributed by atoms with E-state index in [2.05, 4.69) is 11.2 Å². The van der Waals surface area contributed by atoms with Crippen LogP contribution in [0.25, 0.3) is 0 Å². The van der Waals surface area contributed by atoms with E-state index in [1.54, 1.807) is 6.07 Å². The quantitative estimate of drug-likeness (QED) is 0.817. The van der Waals surface area contributed by atoms with Crippen LogP contribution < -0.4 is 5.32 Å². The van der Waals surface area contributed by atoms with Gasteiger partial charge < -0.3 is 4.74 Å². The molecular formula is C16H21NO2. The second-order valence-electron chi connectivity index (χ2n) is 5.98. The molecule has 0 aliphatic carbocycles. The summed E-state index contributed by atoms with van der Waals surface area (Å²) < 4.78 is 5.20. The topological polar surface area (TPSA) is 38.3 Å². The molecular weight excluding hydrogens is 238 g/mol. The van der Waals surface area contributed by atoms with Gasteiger partial charge >= 0.3 is 6.09 Å². The third kappa shape index (κ3) is 4.67. The lowest BCUT2D eigenvalue weighted by Crippen LogP contribution is -2.27. The predicted molar refractivity (Wildman–Crippen MR) is 78.2 cm³/mol. The largest absolute Gasteiger partial charge is 0.444 e. The van der Waals surface area contributed by atoms with Crippen LogP contribution in [-0.2, 0) is 10.2 Å². The fourth-order valence-corrected chi connectivity index (χ4v) is 1.49. The zero-order chi connectivity index (χ0) is 14.7. The standard InChI is InChI=1S/C16H21NO2/c1-7-16(5,6)12-9-8-10-13(11-12)17-14(18)19-15(2,3)4/h1,8-11H,2-6H3,(H,17,18). The minimum absolute atomic E-state index is 0.369. The van der Waals surface area contributed by atoms with E-state index in [1.165, 1.54) is 0 Å². The Morgan fingerprint density at radius 2 is 1.89 bits per heavy atom. The molecule has 0 aliphatic heterocycles. The Labute approximate surface area is 115 Å². The third-order valence-corrected chi connectivity index (χ3v) is 2.59. The van der Waals surface area contributed by atoms with Crippen LogP contribution in [-0.4, -0.2) is 11.7 Å². The molecule has 0 heterocycles. The van der Waals surface area contributed by atoms with Gasteiger partial charge in [0, 0.05) is 5.69 Å². The lowest BCUT2D eigenvalue weighted by molar-refractivity contribution is 0.0636. The fourth-order valence-electron chi connectivity index (χ4n) is 1.49. The summed E-state index contributed by atoms with van der Waals surface area (Å²) in [6, 6.07) is 7.48. The highest BCUT2D eigenvalue weighted by atomic mass is 16.6. The van der Waals surface area contributed by atoms with E-state index < -0.39 is 11.7 Å². The number of terminal acetylenes is 1. The van der Waals surface area contributed by atoms with Gasteiger partial charge in [0.2, 0.25) is 0 Å². The van der Waals surface area contributed by atoms with Crippen LogP contribution in [0, 0.1) is 12.3 Å². The van der Waals surface area contributed by atoms with Crippen LogP contribution in [0.15, 0.2) is 24.3 Å². The molecule has 0 fully saturated rings. The fraction of sp³-hybridized carbons (Fsp3) is 0.438. The first-order valence-corrected chi connectivity index (χ1v) is 6.22. The van der Waals surface area contributed by atoms with Gasteiger partial charge in [-0.2, -0.15) is 0 Å². The monoisotopic (exact) mass is 259 g/mol. The lowest BCUT2D eigenvalue weighted by Gasteiger charge is -2.21. The maximum Gasteiger partial charge on any atom is 0.412 e. The van der Waals surface area contributed by atoms with E-state index in [9.17, 15) is 4.79 Å². The molecule has 0 aromatic heterocycles. The van der Waals surface area contributed by atoms with Gasteiger partial charge in [-0.1, -0.05) is 18.1 Å². The first-order chi connectivity index (χ1) is 8.64. The second kappa shape index (κ2) is 5.36. The minimum Gasteiger partial charge on any atom is -0.444 e. The minimum atomic E-state index is -0.514. The van der Waals surface area contributed by atoms with Gasteiger partial charge in [0.25, 0.3) is 0 Å². The molecule has 1 N–H and O–H groups in total. The van der Waals surface area contributed by atoms with E-state index in [4.69, 9.17) is 11.2 Å². The van der Waals surface area contributed by atoms with Crippen LogP contribution in [0.4, 0.5) is 10.5 Å². The van der Waals surface area contributed by atoms with Crippen molar-refractivity contribution in [3.63, 3.8) is 0 Å². The molecule has 0 saturated heterocycles. The summed E-state index contributed by atoms with van der Waals surface area (Å²) in [6.07, 6.45) is 5.04. The number of ether oxygens (including phenoxy) is 1. The van der Waals surface area contributed by atoms with Crippen LogP contribution in [0.3, 0.4) is 0 Å². The summed E-state index contributed by atoms with van der Waals surface area (Å²) in [5.41, 5.74) is 0.768. The number of anilines is 1. The molecule has 3 heteroatoms. The van der Waals surface area contributed by atoms with Gasteiger partial charge in [0.15, 0.2) is 0 Å². The molecule has 0 saturated carbocycles. The first kappa shape index (κ1) is 15.1. The third-order valence-electron chi connectivity index (χ3n) is 2.59. The van der Waals surface area contributed by atoms with Gasteiger partial charge in [0.1, 0.15) is 5.60 Å². The second-order valence-corrected chi connectivity index (χ2v) is 5.98. The van der Waals surface area contributed by atoms with Crippen LogP contribution in [0.5, 0.6) is 0 Å². The Morgan fingerprint density at radius 1 is 1.26 bits per heavy atom. The zero-order valence-corrected chi connectivity index (χ0v) is 12.2. The zero-order valence-electron chi connectivity index (χ0n) is 12.2. The van der Waals surface area contributed by atoms with Crippen molar-refractivity contribution < 1.29 is 9.53 Å². The molecule has 19 heavy (non-hydrogen) atoms. The molecule has 0 spiro atoms. The van der Waals surface area contributed by atoms with Crippen molar-refractivity contribution in [2.24, 2.45) is 0 Å². The van der Waals surface area contributed by atoms with Gasteiger partial charge in [-0.05, 0) is 52.3 Å². The summed E-state index contributed by atoms with van der Waals surface area (Å²) in [5.74, 6) is 2.73. The molecule has 3 nitrogen and oxygen atoms in total. The number of carbonyl (C=O) groups excluding carboxylic acids is 1. The highest BCUT2D eigenvalue weighted by molar-refractivity contribution is 5.85. The maximum absolute atomic E-state index is 11.7. The van der Waals surface area contributed by atoms with Crippen molar-refractivity contribution >= 4 is 11.8 Å². The van der Waals surface area contributed by atoms with E-state index >= 15 is 0 Å². The number of carbonyl (C=O) groups is 1. The van der Waals surface area contributed by atoms with Crippen molar-refractivity contribution in [1.82, 2.24) is 0 Å². The van der Waals surface area contributed by atoms with Gasteiger partial charge in [0.05, 0.1) is 5.41 Å². The number of benzene rings is 1. The average molecular weight is 259 g/mol. The smallest absolute Gasteiger partial charge is 0.412 e. The van der Waals surface area contributed by atoms with Gasteiger partial charge in [-0.15, -0.1) is 6.42 Å². The molecule has 0 atom stereocenters. The van der Waals surface area contributed by atoms with E-state index in [0.29, 0.717) is 5.69 Å². The summed E-state index contributed by atoms with van der Waals surface area (Å²) in [5, 5.41) is 2.71. The number of amides is 1. The van der Waals surface area contributed by atoms with Gasteiger partial charge in [-0.3, -0.25) is 5.32 Å². The molecule has 0 radical (unpaired) electrons. The van der Waals surface area contributed by atoms with Gasteiger partial charge in [-0.25, -0.2) is 4.79 Å². The SMILES string of the molecule is C#CC(C)(C)c1cccc(NC(=O)OC(C)(C)C)c1. The Hall–Kier alpha value is -1.95. The Balaban J connectivity index is 2.85. The number of rotatable bonds is 2. The van der Waals surface area contributed by atoms with E-state index in [0.717, 1.165) is 5.56 Å². The van der Waals surface area contributed by atoms with Crippen molar-refractivity contribution in [3.8, 4) is 12.3 Å². The van der Waals surface area contributed by atoms with Crippen LogP contribution in [0.1, 0.15) is 40.2 Å². The highest BCUT2D eigenvalue weighted by Gasteiger charge is 2.19. The van der Waals surface area contributed by atoms with Crippen molar-refractivity contribution in [2.75, 3.05) is 5.32 Å². The summed E-state index contributed by atoms with van der Waals surface area (Å²) in [7, 11) is 0. The molecule has 1 rings (SSSR count). The molecule has 1 amide bonds. The van der Waals surface area contributed by atoms with Crippen LogP contribution >= 0.6 is 0 Å². The molecule has 1 aromatic rings. The first-order valence-electron chi connectivity index (χ1n) is 6.22. The summed E-state index contributed by atoms with van der Waals surface area (Å²) in [6.45, 7) is 9.39. The molecule has 102 valence electrons. The van der Waals surface area contributed by atoms with Crippen LogP contribution in [0.2, 0.25) is 0 Å². The summed E-state index contributed by atoms with van der Waals surface area (Å²) >= 11 is 0. The van der Waals surface area contributed by atoms with E-state index in [-0.39, 0.29) is 5.41 Å².